The fourth-order valence-electron chi connectivity index (χ4n) is 1.58. The van der Waals surface area contributed by atoms with Crippen LogP contribution in [-0.4, -0.2) is 33.8 Å². The van der Waals surface area contributed by atoms with Crippen molar-refractivity contribution in [3.63, 3.8) is 0 Å². The second-order valence-corrected chi connectivity index (χ2v) is 6.06. The summed E-state index contributed by atoms with van der Waals surface area (Å²) in [5, 5.41) is 6.68. The van der Waals surface area contributed by atoms with E-state index in [0.29, 0.717) is 6.04 Å². The van der Waals surface area contributed by atoms with Gasteiger partial charge >= 0.3 is 0 Å². The van der Waals surface area contributed by atoms with Gasteiger partial charge in [0, 0.05) is 35.4 Å². The highest BCUT2D eigenvalue weighted by Gasteiger charge is 2.04. The second kappa shape index (κ2) is 8.08. The van der Waals surface area contributed by atoms with Gasteiger partial charge in [-0.3, -0.25) is 9.19 Å². The van der Waals surface area contributed by atoms with Crippen molar-refractivity contribution in [3.05, 3.63) is 18.5 Å². The van der Waals surface area contributed by atoms with Crippen molar-refractivity contribution in [2.24, 2.45) is 0 Å². The predicted molar refractivity (Wildman–Crippen MR) is 79.7 cm³/mol. The molecule has 0 aliphatic rings. The summed E-state index contributed by atoms with van der Waals surface area (Å²) in [6.07, 6.45) is 7.37. The van der Waals surface area contributed by atoms with E-state index < -0.39 is 10.8 Å². The van der Waals surface area contributed by atoms with Gasteiger partial charge in [-0.2, -0.15) is 0 Å². The third-order valence-corrected chi connectivity index (χ3v) is 3.38. The van der Waals surface area contributed by atoms with Crippen molar-refractivity contribution >= 4 is 22.2 Å². The fraction of sp³-hybridized carbons (Fsp3) is 0.615. The zero-order chi connectivity index (χ0) is 13.4. The lowest BCUT2D eigenvalue weighted by atomic mass is 10.2. The lowest BCUT2D eigenvalue weighted by molar-refractivity contribution is 0.678. The molecule has 5 heteroatoms. The highest BCUT2D eigenvalue weighted by Crippen LogP contribution is 2.14. The first-order chi connectivity index (χ1) is 8.61. The molecule has 102 valence electrons. The highest BCUT2D eigenvalue weighted by atomic mass is 32.2. The fourth-order valence-corrected chi connectivity index (χ4v) is 2.27. The van der Waals surface area contributed by atoms with E-state index in [0.717, 1.165) is 36.5 Å². The second-order valence-electron chi connectivity index (χ2n) is 4.50. The normalized spacial score (nSPS) is 13.9. The van der Waals surface area contributed by atoms with Gasteiger partial charge in [-0.25, -0.2) is 0 Å². The molecule has 0 fully saturated rings. The molecular formula is C13H23N3OS. The number of aromatic nitrogens is 1. The Kier molecular flexibility index (Phi) is 6.72. The SMILES string of the molecule is CCCNc1cncc(NC(C)CCS(C)=O)c1. The average molecular weight is 269 g/mol. The summed E-state index contributed by atoms with van der Waals surface area (Å²) >= 11 is 0. The Morgan fingerprint density at radius 3 is 2.78 bits per heavy atom. The minimum atomic E-state index is -0.721. The maximum atomic E-state index is 11.0. The van der Waals surface area contributed by atoms with Gasteiger partial charge in [-0.05, 0) is 25.8 Å². The molecular weight excluding hydrogens is 246 g/mol. The van der Waals surface area contributed by atoms with E-state index in [9.17, 15) is 4.21 Å². The first-order valence-electron chi connectivity index (χ1n) is 6.37. The van der Waals surface area contributed by atoms with Crippen LogP contribution < -0.4 is 10.6 Å². The van der Waals surface area contributed by atoms with Crippen molar-refractivity contribution < 1.29 is 4.21 Å². The molecule has 1 rings (SSSR count). The number of nitrogens with one attached hydrogen (secondary N) is 2. The summed E-state index contributed by atoms with van der Waals surface area (Å²) in [4.78, 5) is 4.20. The Morgan fingerprint density at radius 2 is 2.11 bits per heavy atom. The van der Waals surface area contributed by atoms with E-state index >= 15 is 0 Å². The quantitative estimate of drug-likeness (QED) is 0.761. The molecule has 1 aromatic rings. The Hall–Kier alpha value is -1.10. The van der Waals surface area contributed by atoms with Crippen molar-refractivity contribution in [1.82, 2.24) is 4.98 Å². The van der Waals surface area contributed by atoms with Gasteiger partial charge in [0.1, 0.15) is 0 Å². The van der Waals surface area contributed by atoms with Crippen LogP contribution in [0.5, 0.6) is 0 Å². The Labute approximate surface area is 112 Å². The maximum Gasteiger partial charge on any atom is 0.0549 e. The predicted octanol–water partition coefficient (Wildman–Crippen LogP) is 2.47. The monoisotopic (exact) mass is 269 g/mol. The van der Waals surface area contributed by atoms with Gasteiger partial charge in [0.2, 0.25) is 0 Å². The van der Waals surface area contributed by atoms with Gasteiger partial charge < -0.3 is 10.6 Å². The largest absolute Gasteiger partial charge is 0.384 e. The molecule has 0 spiro atoms. The molecule has 2 N–H and O–H groups in total. The topological polar surface area (TPSA) is 54.0 Å². The van der Waals surface area contributed by atoms with Crippen LogP contribution in [0.3, 0.4) is 0 Å². The molecule has 0 saturated carbocycles. The molecule has 1 heterocycles. The summed E-state index contributed by atoms with van der Waals surface area (Å²) in [6.45, 7) is 5.18. The third kappa shape index (κ3) is 6.00. The molecule has 2 unspecified atom stereocenters. The molecule has 0 radical (unpaired) electrons. The highest BCUT2D eigenvalue weighted by molar-refractivity contribution is 7.84. The van der Waals surface area contributed by atoms with Gasteiger partial charge in [-0.1, -0.05) is 6.92 Å². The van der Waals surface area contributed by atoms with E-state index in [1.165, 1.54) is 0 Å². The molecule has 0 amide bonds. The van der Waals surface area contributed by atoms with Gasteiger partial charge in [-0.15, -0.1) is 0 Å². The van der Waals surface area contributed by atoms with Crippen LogP contribution in [0.1, 0.15) is 26.7 Å². The summed E-state index contributed by atoms with van der Waals surface area (Å²) in [6, 6.07) is 2.36. The summed E-state index contributed by atoms with van der Waals surface area (Å²) in [5.74, 6) is 0.732. The van der Waals surface area contributed by atoms with Gasteiger partial charge in [0.15, 0.2) is 0 Å². The zero-order valence-corrected chi connectivity index (χ0v) is 12.2. The van der Waals surface area contributed by atoms with Crippen molar-refractivity contribution in [2.45, 2.75) is 32.7 Å². The van der Waals surface area contributed by atoms with Crippen LogP contribution >= 0.6 is 0 Å². The molecule has 4 nitrogen and oxygen atoms in total. The lowest BCUT2D eigenvalue weighted by Gasteiger charge is -2.15. The van der Waals surface area contributed by atoms with Gasteiger partial charge in [0.25, 0.3) is 0 Å². The minimum Gasteiger partial charge on any atom is -0.384 e. The van der Waals surface area contributed by atoms with Crippen LogP contribution in [0.2, 0.25) is 0 Å². The smallest absolute Gasteiger partial charge is 0.0549 e. The molecule has 2 atom stereocenters. The average Bonchev–Trinajstić information content (AvgIpc) is 2.34. The minimum absolute atomic E-state index is 0.303. The third-order valence-electron chi connectivity index (χ3n) is 2.57. The Balaban J connectivity index is 2.47. The molecule has 0 bridgehead atoms. The number of rotatable bonds is 8. The number of nitrogens with zero attached hydrogens (tertiary/aromatic N) is 1. The van der Waals surface area contributed by atoms with E-state index in [2.05, 4.69) is 35.5 Å². The maximum absolute atomic E-state index is 11.0. The van der Waals surface area contributed by atoms with Crippen LogP contribution in [0.4, 0.5) is 11.4 Å². The number of hydrogen-bond acceptors (Lipinski definition) is 4. The van der Waals surface area contributed by atoms with Crippen LogP contribution in [0.15, 0.2) is 18.5 Å². The molecule has 0 aromatic carbocycles. The Morgan fingerprint density at radius 1 is 1.39 bits per heavy atom. The molecule has 18 heavy (non-hydrogen) atoms. The molecule has 0 saturated heterocycles. The summed E-state index contributed by atoms with van der Waals surface area (Å²) in [7, 11) is -0.721. The first kappa shape index (κ1) is 15.0. The molecule has 0 aliphatic carbocycles. The molecule has 0 aliphatic heterocycles. The summed E-state index contributed by atoms with van der Waals surface area (Å²) in [5.41, 5.74) is 2.04. The van der Waals surface area contributed by atoms with E-state index in [-0.39, 0.29) is 0 Å². The molecule has 1 aromatic heterocycles. The van der Waals surface area contributed by atoms with Crippen LogP contribution in [-0.2, 0) is 10.8 Å². The van der Waals surface area contributed by atoms with E-state index in [1.54, 1.807) is 6.26 Å². The van der Waals surface area contributed by atoms with Crippen LogP contribution in [0, 0.1) is 0 Å². The van der Waals surface area contributed by atoms with E-state index in [4.69, 9.17) is 0 Å². The van der Waals surface area contributed by atoms with Gasteiger partial charge in [0.05, 0.1) is 23.8 Å². The van der Waals surface area contributed by atoms with Crippen molar-refractivity contribution in [3.8, 4) is 0 Å². The lowest BCUT2D eigenvalue weighted by Crippen LogP contribution is -2.18. The number of pyridine rings is 1. The Bertz CT molecular complexity index is 384. The standard InChI is InChI=1S/C13H23N3OS/c1-4-6-15-12-8-13(10-14-9-12)16-11(2)5-7-18(3)17/h8-11,15-16H,4-7H2,1-3H3. The van der Waals surface area contributed by atoms with Crippen molar-refractivity contribution in [1.29, 1.82) is 0 Å². The number of anilines is 2. The van der Waals surface area contributed by atoms with Crippen molar-refractivity contribution in [2.75, 3.05) is 29.2 Å². The number of hydrogen-bond donors (Lipinski definition) is 2. The first-order valence-corrected chi connectivity index (χ1v) is 8.10. The van der Waals surface area contributed by atoms with Crippen LogP contribution in [0.25, 0.3) is 0 Å². The zero-order valence-electron chi connectivity index (χ0n) is 11.4. The summed E-state index contributed by atoms with van der Waals surface area (Å²) < 4.78 is 11.0. The van der Waals surface area contributed by atoms with E-state index in [1.807, 2.05) is 12.4 Å².